The van der Waals surface area contributed by atoms with Crippen molar-refractivity contribution in [3.05, 3.63) is 33.9 Å². The molecule has 2 rings (SSSR count). The molecule has 0 unspecified atom stereocenters. The first-order valence-electron chi connectivity index (χ1n) is 6.26. The highest BCUT2D eigenvalue weighted by Gasteiger charge is 2.27. The lowest BCUT2D eigenvalue weighted by Gasteiger charge is -2.32. The van der Waals surface area contributed by atoms with Crippen molar-refractivity contribution in [1.29, 1.82) is 0 Å². The number of benzene rings is 1. The number of anilines is 1. The van der Waals surface area contributed by atoms with Gasteiger partial charge in [0.05, 0.1) is 4.92 Å². The number of nitrogen functional groups attached to an aromatic ring is 1. The highest BCUT2D eigenvalue weighted by Crippen LogP contribution is 2.24. The molecule has 0 bridgehead atoms. The normalized spacial score (nSPS) is 16.0. The van der Waals surface area contributed by atoms with Gasteiger partial charge in [-0.3, -0.25) is 20.8 Å². The van der Waals surface area contributed by atoms with Gasteiger partial charge in [-0.25, -0.2) is 0 Å². The number of carbonyl (C=O) groups excluding carboxylic acids is 1. The first-order chi connectivity index (χ1) is 9.52. The topological polar surface area (TPSA) is 105 Å². The molecule has 108 valence electrons. The van der Waals surface area contributed by atoms with E-state index in [1.54, 1.807) is 4.90 Å². The van der Waals surface area contributed by atoms with Gasteiger partial charge in [-0.05, 0) is 19.2 Å². The maximum Gasteiger partial charge on any atom is 0.282 e. The monoisotopic (exact) mass is 279 g/mol. The Morgan fingerprint density at radius 2 is 2.00 bits per heavy atom. The molecule has 0 saturated carbocycles. The van der Waals surface area contributed by atoms with Gasteiger partial charge in [0.15, 0.2) is 0 Å². The van der Waals surface area contributed by atoms with Crippen molar-refractivity contribution < 1.29 is 9.72 Å². The number of nitrogens with one attached hydrogen (secondary N) is 1. The number of nitro groups is 1. The number of piperazine rings is 1. The highest BCUT2D eigenvalue weighted by molar-refractivity contribution is 5.99. The van der Waals surface area contributed by atoms with Gasteiger partial charge in [0.1, 0.15) is 5.56 Å². The number of rotatable bonds is 3. The number of nitrogens with zero attached hydrogens (tertiary/aromatic N) is 3. The van der Waals surface area contributed by atoms with Gasteiger partial charge in [-0.1, -0.05) is 0 Å². The number of hydrogen-bond donors (Lipinski definition) is 2. The molecule has 0 spiro atoms. The predicted octanol–water partition coefficient (Wildman–Crippen LogP) is 0.268. The van der Waals surface area contributed by atoms with Crippen LogP contribution in [0.4, 0.5) is 11.4 Å². The molecule has 1 fully saturated rings. The molecule has 1 aromatic rings. The maximum absolute atomic E-state index is 12.4. The van der Waals surface area contributed by atoms with Crippen LogP contribution in [0, 0.1) is 10.1 Å². The van der Waals surface area contributed by atoms with Crippen molar-refractivity contribution in [3.63, 3.8) is 0 Å². The minimum atomic E-state index is -0.552. The molecule has 0 atom stereocenters. The van der Waals surface area contributed by atoms with Crippen molar-refractivity contribution in [2.75, 3.05) is 38.7 Å². The SMILES string of the molecule is CN1CCN(C(=O)c2cc(NN)ccc2[N+](=O)[O-])CC1. The maximum atomic E-state index is 12.4. The van der Waals surface area contributed by atoms with Crippen molar-refractivity contribution in [3.8, 4) is 0 Å². The lowest BCUT2D eigenvalue weighted by molar-refractivity contribution is -0.385. The predicted molar refractivity (Wildman–Crippen MR) is 74.3 cm³/mol. The van der Waals surface area contributed by atoms with Gasteiger partial charge in [0.2, 0.25) is 0 Å². The van der Waals surface area contributed by atoms with Crippen LogP contribution in [-0.2, 0) is 0 Å². The van der Waals surface area contributed by atoms with Gasteiger partial charge >= 0.3 is 0 Å². The summed E-state index contributed by atoms with van der Waals surface area (Å²) in [6.45, 7) is 2.64. The van der Waals surface area contributed by atoms with Crippen LogP contribution in [0.25, 0.3) is 0 Å². The van der Waals surface area contributed by atoms with E-state index in [0.29, 0.717) is 18.8 Å². The number of amides is 1. The summed E-state index contributed by atoms with van der Waals surface area (Å²) in [5.74, 6) is 4.96. The van der Waals surface area contributed by atoms with Gasteiger partial charge in [-0.15, -0.1) is 0 Å². The molecule has 0 aromatic heterocycles. The third-order valence-corrected chi connectivity index (χ3v) is 3.38. The average molecular weight is 279 g/mol. The Bertz CT molecular complexity index is 526. The number of nitro benzene ring substituents is 1. The molecule has 8 nitrogen and oxygen atoms in total. The molecule has 1 saturated heterocycles. The molecule has 0 aliphatic carbocycles. The Balaban J connectivity index is 2.30. The lowest BCUT2D eigenvalue weighted by atomic mass is 10.1. The Hall–Kier alpha value is -2.19. The zero-order valence-corrected chi connectivity index (χ0v) is 11.2. The van der Waals surface area contributed by atoms with Gasteiger partial charge in [0, 0.05) is 37.9 Å². The molecule has 3 N–H and O–H groups in total. The lowest BCUT2D eigenvalue weighted by Crippen LogP contribution is -2.47. The zero-order valence-electron chi connectivity index (χ0n) is 11.2. The number of hydrazine groups is 1. The van der Waals surface area contributed by atoms with Gasteiger partial charge < -0.3 is 15.2 Å². The third kappa shape index (κ3) is 2.86. The number of likely N-dealkylation sites (N-methyl/N-ethyl adjacent to an activating group) is 1. The molecular formula is C12H17N5O3. The summed E-state index contributed by atoms with van der Waals surface area (Å²) in [5.41, 5.74) is 2.73. The van der Waals surface area contributed by atoms with Crippen LogP contribution in [0.3, 0.4) is 0 Å². The molecule has 20 heavy (non-hydrogen) atoms. The molecule has 1 aliphatic rings. The Morgan fingerprint density at radius 3 is 2.55 bits per heavy atom. The minimum absolute atomic E-state index is 0.0648. The van der Waals surface area contributed by atoms with E-state index in [4.69, 9.17) is 5.84 Å². The van der Waals surface area contributed by atoms with E-state index in [1.165, 1.54) is 18.2 Å². The summed E-state index contributed by atoms with van der Waals surface area (Å²) in [7, 11) is 1.98. The van der Waals surface area contributed by atoms with Crippen molar-refractivity contribution in [2.24, 2.45) is 5.84 Å². The van der Waals surface area contributed by atoms with Crippen LogP contribution in [0.15, 0.2) is 18.2 Å². The molecule has 1 heterocycles. The van der Waals surface area contributed by atoms with E-state index in [0.717, 1.165) is 13.1 Å². The van der Waals surface area contributed by atoms with E-state index >= 15 is 0 Å². The fraction of sp³-hybridized carbons (Fsp3) is 0.417. The smallest absolute Gasteiger partial charge is 0.282 e. The summed E-state index contributed by atoms with van der Waals surface area (Å²) in [5, 5.41) is 11.0. The van der Waals surface area contributed by atoms with Gasteiger partial charge in [-0.2, -0.15) is 0 Å². The van der Waals surface area contributed by atoms with Gasteiger partial charge in [0.25, 0.3) is 11.6 Å². The molecule has 1 aromatic carbocycles. The largest absolute Gasteiger partial charge is 0.336 e. The van der Waals surface area contributed by atoms with E-state index < -0.39 is 4.92 Å². The van der Waals surface area contributed by atoms with Crippen LogP contribution in [0.1, 0.15) is 10.4 Å². The summed E-state index contributed by atoms with van der Waals surface area (Å²) >= 11 is 0. The first kappa shape index (κ1) is 14.2. The zero-order chi connectivity index (χ0) is 14.7. The van der Waals surface area contributed by atoms with E-state index in [2.05, 4.69) is 10.3 Å². The summed E-state index contributed by atoms with van der Waals surface area (Å²) in [6, 6.07) is 4.18. The van der Waals surface area contributed by atoms with Crippen LogP contribution in [-0.4, -0.2) is 53.9 Å². The fourth-order valence-electron chi connectivity index (χ4n) is 2.14. The van der Waals surface area contributed by atoms with Crippen LogP contribution >= 0.6 is 0 Å². The third-order valence-electron chi connectivity index (χ3n) is 3.38. The Kier molecular flexibility index (Phi) is 4.16. The average Bonchev–Trinajstić information content (AvgIpc) is 2.46. The summed E-state index contributed by atoms with van der Waals surface area (Å²) in [6.07, 6.45) is 0. The van der Waals surface area contributed by atoms with Crippen LogP contribution < -0.4 is 11.3 Å². The van der Waals surface area contributed by atoms with Crippen molar-refractivity contribution >= 4 is 17.3 Å². The Labute approximate surface area is 116 Å². The fourth-order valence-corrected chi connectivity index (χ4v) is 2.14. The Morgan fingerprint density at radius 1 is 1.35 bits per heavy atom. The summed E-state index contributed by atoms with van der Waals surface area (Å²) in [4.78, 5) is 26.7. The standard InChI is InChI=1S/C12H17N5O3/c1-15-4-6-16(7-5-15)12(18)10-8-9(14-13)2-3-11(10)17(19)20/h2-3,8,14H,4-7,13H2,1H3. The van der Waals surface area contributed by atoms with E-state index in [1.807, 2.05) is 7.05 Å². The second-order valence-corrected chi connectivity index (χ2v) is 4.73. The molecule has 8 heteroatoms. The molecular weight excluding hydrogens is 262 g/mol. The second-order valence-electron chi connectivity index (χ2n) is 4.73. The van der Waals surface area contributed by atoms with Crippen molar-refractivity contribution in [2.45, 2.75) is 0 Å². The summed E-state index contributed by atoms with van der Waals surface area (Å²) < 4.78 is 0. The molecule has 1 aliphatic heterocycles. The van der Waals surface area contributed by atoms with Crippen LogP contribution in [0.5, 0.6) is 0 Å². The first-order valence-corrected chi connectivity index (χ1v) is 6.26. The van der Waals surface area contributed by atoms with E-state index in [-0.39, 0.29) is 17.2 Å². The van der Waals surface area contributed by atoms with Crippen LogP contribution in [0.2, 0.25) is 0 Å². The second kappa shape index (κ2) is 5.85. The molecule has 0 radical (unpaired) electrons. The van der Waals surface area contributed by atoms with E-state index in [9.17, 15) is 14.9 Å². The quantitative estimate of drug-likeness (QED) is 0.467. The number of hydrogen-bond acceptors (Lipinski definition) is 6. The molecule has 1 amide bonds. The highest BCUT2D eigenvalue weighted by atomic mass is 16.6. The van der Waals surface area contributed by atoms with Crippen molar-refractivity contribution in [1.82, 2.24) is 9.80 Å². The minimum Gasteiger partial charge on any atom is -0.336 e. The number of carbonyl (C=O) groups is 1. The number of nitrogens with two attached hydrogens (primary N) is 1.